The van der Waals surface area contributed by atoms with Crippen molar-refractivity contribution in [2.24, 2.45) is 0 Å². The van der Waals surface area contributed by atoms with Gasteiger partial charge in [-0.2, -0.15) is 0 Å². The van der Waals surface area contributed by atoms with Gasteiger partial charge in [0.05, 0.1) is 27.5 Å². The highest BCUT2D eigenvalue weighted by atomic mass is 79.9. The predicted molar refractivity (Wildman–Crippen MR) is 103 cm³/mol. The van der Waals surface area contributed by atoms with E-state index in [1.54, 1.807) is 31.2 Å². The number of ether oxygens (including phenoxy) is 1. The number of nitrogens with zero attached hydrogens (tertiary/aromatic N) is 1. The molecule has 0 atom stereocenters. The molecule has 8 heteroatoms. The Labute approximate surface area is 169 Å². The monoisotopic (exact) mass is 459 g/mol. The SMILES string of the molecule is CCOC(=O)CCC(=O)c1nc(Cc2cccc(Cl)c2Cl)cc(Br)c1O. The van der Waals surface area contributed by atoms with Crippen molar-refractivity contribution in [3.8, 4) is 5.75 Å². The van der Waals surface area contributed by atoms with Gasteiger partial charge in [-0.3, -0.25) is 9.59 Å². The molecule has 1 N–H and O–H groups in total. The first-order valence-corrected chi connectivity index (χ1v) is 9.38. The van der Waals surface area contributed by atoms with Gasteiger partial charge in [0.2, 0.25) is 0 Å². The number of Topliss-reactive ketones (excluding diaryl/α,β-unsaturated/α-hetero) is 1. The summed E-state index contributed by atoms with van der Waals surface area (Å²) in [6.45, 7) is 1.94. The van der Waals surface area contributed by atoms with Crippen LogP contribution in [0.1, 0.15) is 41.5 Å². The van der Waals surface area contributed by atoms with Gasteiger partial charge in [-0.1, -0.05) is 35.3 Å². The number of aromatic nitrogens is 1. The van der Waals surface area contributed by atoms with Gasteiger partial charge in [0.15, 0.2) is 11.5 Å². The standard InChI is InChI=1S/C18H16BrCl2NO4/c1-2-26-15(24)7-6-14(23)17-18(25)12(19)9-11(22-17)8-10-4-3-5-13(20)16(10)21/h3-5,9,25H,2,6-8H2,1H3. The van der Waals surface area contributed by atoms with E-state index in [9.17, 15) is 14.7 Å². The average molecular weight is 461 g/mol. The summed E-state index contributed by atoms with van der Waals surface area (Å²) in [5, 5.41) is 11.0. The summed E-state index contributed by atoms with van der Waals surface area (Å²) < 4.78 is 5.13. The minimum absolute atomic E-state index is 0.0736. The lowest BCUT2D eigenvalue weighted by atomic mass is 10.1. The quantitative estimate of drug-likeness (QED) is 0.466. The fourth-order valence-corrected chi connectivity index (χ4v) is 3.13. The van der Waals surface area contributed by atoms with Crippen LogP contribution in [0.15, 0.2) is 28.7 Å². The minimum Gasteiger partial charge on any atom is -0.504 e. The summed E-state index contributed by atoms with van der Waals surface area (Å²) in [5.41, 5.74) is 1.17. The molecule has 138 valence electrons. The number of rotatable bonds is 7. The Balaban J connectivity index is 2.24. The van der Waals surface area contributed by atoms with E-state index in [2.05, 4.69) is 20.9 Å². The van der Waals surface area contributed by atoms with Crippen LogP contribution in [-0.4, -0.2) is 28.4 Å². The molecule has 0 aliphatic rings. The summed E-state index contributed by atoms with van der Waals surface area (Å²) >= 11 is 15.4. The molecule has 0 unspecified atom stereocenters. The van der Waals surface area contributed by atoms with E-state index in [4.69, 9.17) is 27.9 Å². The molecule has 0 aliphatic heterocycles. The molecule has 0 radical (unpaired) electrons. The van der Waals surface area contributed by atoms with Crippen molar-refractivity contribution in [3.63, 3.8) is 0 Å². The lowest BCUT2D eigenvalue weighted by Crippen LogP contribution is -2.10. The Morgan fingerprint density at radius 3 is 2.69 bits per heavy atom. The molecule has 0 fully saturated rings. The highest BCUT2D eigenvalue weighted by Crippen LogP contribution is 2.31. The van der Waals surface area contributed by atoms with Gasteiger partial charge in [-0.15, -0.1) is 0 Å². The third-order valence-electron chi connectivity index (χ3n) is 3.53. The van der Waals surface area contributed by atoms with Crippen LogP contribution in [0.3, 0.4) is 0 Å². The van der Waals surface area contributed by atoms with E-state index >= 15 is 0 Å². The summed E-state index contributed by atoms with van der Waals surface area (Å²) in [6.07, 6.45) is 0.152. The molecule has 0 spiro atoms. The van der Waals surface area contributed by atoms with Gasteiger partial charge in [0, 0.05) is 18.5 Å². The van der Waals surface area contributed by atoms with E-state index in [0.29, 0.717) is 26.6 Å². The first kappa shape index (κ1) is 20.7. The number of pyridine rings is 1. The highest BCUT2D eigenvalue weighted by Gasteiger charge is 2.19. The maximum Gasteiger partial charge on any atom is 0.306 e. The van der Waals surface area contributed by atoms with Crippen molar-refractivity contribution in [1.82, 2.24) is 4.98 Å². The van der Waals surface area contributed by atoms with Crippen LogP contribution < -0.4 is 0 Å². The van der Waals surface area contributed by atoms with Gasteiger partial charge < -0.3 is 9.84 Å². The van der Waals surface area contributed by atoms with Crippen LogP contribution in [0.25, 0.3) is 0 Å². The zero-order valence-electron chi connectivity index (χ0n) is 13.9. The molecule has 26 heavy (non-hydrogen) atoms. The van der Waals surface area contributed by atoms with Crippen molar-refractivity contribution in [3.05, 3.63) is 55.7 Å². The first-order valence-electron chi connectivity index (χ1n) is 7.83. The highest BCUT2D eigenvalue weighted by molar-refractivity contribution is 9.10. The number of hydrogen-bond acceptors (Lipinski definition) is 5. The molecule has 0 saturated carbocycles. The average Bonchev–Trinajstić information content (AvgIpc) is 2.60. The fraction of sp³-hybridized carbons (Fsp3) is 0.278. The second kappa shape index (κ2) is 9.35. The molecule has 5 nitrogen and oxygen atoms in total. The Morgan fingerprint density at radius 2 is 2.00 bits per heavy atom. The van der Waals surface area contributed by atoms with Crippen molar-refractivity contribution >= 4 is 50.9 Å². The zero-order valence-corrected chi connectivity index (χ0v) is 17.0. The second-order valence-electron chi connectivity index (χ2n) is 5.41. The van der Waals surface area contributed by atoms with E-state index < -0.39 is 11.8 Å². The predicted octanol–water partition coefficient (Wildman–Crippen LogP) is 4.97. The smallest absolute Gasteiger partial charge is 0.306 e. The molecular formula is C18H16BrCl2NO4. The van der Waals surface area contributed by atoms with E-state index in [1.165, 1.54) is 0 Å². The molecule has 2 rings (SSSR count). The van der Waals surface area contributed by atoms with Crippen LogP contribution >= 0.6 is 39.1 Å². The van der Waals surface area contributed by atoms with Gasteiger partial charge in [-0.25, -0.2) is 4.98 Å². The summed E-state index contributed by atoms with van der Waals surface area (Å²) in [6, 6.07) is 6.86. The summed E-state index contributed by atoms with van der Waals surface area (Å²) in [4.78, 5) is 28.0. The lowest BCUT2D eigenvalue weighted by Gasteiger charge is -2.10. The number of ketones is 1. The fourth-order valence-electron chi connectivity index (χ4n) is 2.29. The number of carbonyl (C=O) groups excluding carboxylic acids is 2. The van der Waals surface area contributed by atoms with E-state index in [-0.39, 0.29) is 30.9 Å². The maximum absolute atomic E-state index is 12.4. The largest absolute Gasteiger partial charge is 0.504 e. The van der Waals surface area contributed by atoms with Crippen molar-refractivity contribution in [1.29, 1.82) is 0 Å². The zero-order chi connectivity index (χ0) is 19.3. The number of hydrogen-bond donors (Lipinski definition) is 1. The van der Waals surface area contributed by atoms with Crippen LogP contribution in [0, 0.1) is 0 Å². The number of benzene rings is 1. The van der Waals surface area contributed by atoms with Crippen LogP contribution in [0.2, 0.25) is 10.0 Å². The second-order valence-corrected chi connectivity index (χ2v) is 7.05. The van der Waals surface area contributed by atoms with Crippen molar-refractivity contribution < 1.29 is 19.4 Å². The Morgan fingerprint density at radius 1 is 1.27 bits per heavy atom. The van der Waals surface area contributed by atoms with Crippen LogP contribution in [0.4, 0.5) is 0 Å². The molecule has 1 aromatic carbocycles. The third kappa shape index (κ3) is 5.19. The topological polar surface area (TPSA) is 76.5 Å². The minimum atomic E-state index is -0.471. The Hall–Kier alpha value is -1.63. The third-order valence-corrected chi connectivity index (χ3v) is 4.99. The van der Waals surface area contributed by atoms with E-state index in [0.717, 1.165) is 5.56 Å². The number of carbonyl (C=O) groups is 2. The molecule has 2 aromatic rings. The summed E-state index contributed by atoms with van der Waals surface area (Å²) in [5.74, 6) is -1.18. The number of halogens is 3. The molecular weight excluding hydrogens is 445 g/mol. The normalized spacial score (nSPS) is 10.6. The van der Waals surface area contributed by atoms with Gasteiger partial charge in [0.1, 0.15) is 5.69 Å². The van der Waals surface area contributed by atoms with Gasteiger partial charge in [-0.05, 0) is 40.5 Å². The lowest BCUT2D eigenvalue weighted by molar-refractivity contribution is -0.143. The van der Waals surface area contributed by atoms with Gasteiger partial charge >= 0.3 is 5.97 Å². The maximum atomic E-state index is 12.4. The summed E-state index contributed by atoms with van der Waals surface area (Å²) in [7, 11) is 0. The molecule has 0 bridgehead atoms. The molecule has 1 heterocycles. The molecule has 1 aromatic heterocycles. The molecule has 0 amide bonds. The Kier molecular flexibility index (Phi) is 7.43. The molecule has 0 aliphatic carbocycles. The Bertz CT molecular complexity index is 842. The molecule has 0 saturated heterocycles. The van der Waals surface area contributed by atoms with Crippen LogP contribution in [0.5, 0.6) is 5.75 Å². The number of aromatic hydroxyl groups is 1. The van der Waals surface area contributed by atoms with Crippen molar-refractivity contribution in [2.45, 2.75) is 26.2 Å². The van der Waals surface area contributed by atoms with E-state index in [1.807, 2.05) is 0 Å². The van der Waals surface area contributed by atoms with Crippen LogP contribution in [-0.2, 0) is 16.0 Å². The van der Waals surface area contributed by atoms with Gasteiger partial charge in [0.25, 0.3) is 0 Å². The van der Waals surface area contributed by atoms with Crippen molar-refractivity contribution in [2.75, 3.05) is 6.61 Å². The first-order chi connectivity index (χ1) is 12.3. The number of esters is 1.